The van der Waals surface area contributed by atoms with Gasteiger partial charge in [-0.05, 0) is 48.9 Å². The van der Waals surface area contributed by atoms with Gasteiger partial charge in [-0.1, -0.05) is 0 Å². The lowest BCUT2D eigenvalue weighted by Gasteiger charge is -2.30. The Bertz CT molecular complexity index is 936. The summed E-state index contributed by atoms with van der Waals surface area (Å²) in [7, 11) is -0.755. The Morgan fingerprint density at radius 2 is 1.64 bits per heavy atom. The second-order valence-electron chi connectivity index (χ2n) is 5.76. The van der Waals surface area contributed by atoms with Crippen molar-refractivity contribution in [2.45, 2.75) is 18.2 Å². The van der Waals surface area contributed by atoms with E-state index in [2.05, 4.69) is 0 Å². The number of ketones is 1. The normalized spacial score (nSPS) is 14.2. The number of hydrogen-bond donors (Lipinski definition) is 0. The molecule has 2 aromatic carbocycles. The van der Waals surface area contributed by atoms with E-state index < -0.39 is 10.0 Å². The first-order chi connectivity index (χ1) is 11.9. The van der Waals surface area contributed by atoms with Gasteiger partial charge in [-0.2, -0.15) is 0 Å². The number of benzene rings is 2. The van der Waals surface area contributed by atoms with Crippen molar-refractivity contribution in [3.8, 4) is 11.5 Å². The maximum Gasteiger partial charge on any atom is 0.264 e. The van der Waals surface area contributed by atoms with Crippen LogP contribution in [0.1, 0.15) is 22.3 Å². The first-order valence-corrected chi connectivity index (χ1v) is 9.21. The smallest absolute Gasteiger partial charge is 0.264 e. The molecule has 0 fully saturated rings. The van der Waals surface area contributed by atoms with Crippen molar-refractivity contribution < 1.29 is 22.7 Å². The van der Waals surface area contributed by atoms with E-state index >= 15 is 0 Å². The van der Waals surface area contributed by atoms with Crippen LogP contribution < -0.4 is 13.8 Å². The second kappa shape index (κ2) is 6.40. The number of Topliss-reactive ketones (excluding diaryl/α,β-unsaturated/α-hetero) is 1. The zero-order valence-electron chi connectivity index (χ0n) is 14.3. The van der Waals surface area contributed by atoms with Crippen molar-refractivity contribution in [3.63, 3.8) is 0 Å². The fourth-order valence-corrected chi connectivity index (χ4v) is 4.64. The number of methoxy groups -OCH3 is 2. The predicted octanol–water partition coefficient (Wildman–Crippen LogP) is 2.79. The highest BCUT2D eigenvalue weighted by atomic mass is 32.2. The first kappa shape index (κ1) is 17.3. The summed E-state index contributed by atoms with van der Waals surface area (Å²) < 4.78 is 37.9. The van der Waals surface area contributed by atoms with Crippen molar-refractivity contribution in [3.05, 3.63) is 47.5 Å². The number of fused-ring (bicyclic) bond motifs is 1. The quantitative estimate of drug-likeness (QED) is 0.837. The Balaban J connectivity index is 2.11. The monoisotopic (exact) mass is 361 g/mol. The van der Waals surface area contributed by atoms with Crippen LogP contribution in [0.15, 0.2) is 41.3 Å². The van der Waals surface area contributed by atoms with Crippen LogP contribution in [0.25, 0.3) is 0 Å². The Kier molecular flexibility index (Phi) is 4.43. The number of carbonyl (C=O) groups excluding carboxylic acids is 1. The molecule has 0 unspecified atom stereocenters. The highest BCUT2D eigenvalue weighted by Gasteiger charge is 2.33. The molecule has 0 aromatic heterocycles. The number of ether oxygens (including phenoxy) is 2. The van der Waals surface area contributed by atoms with E-state index in [0.29, 0.717) is 28.3 Å². The predicted molar refractivity (Wildman–Crippen MR) is 94.2 cm³/mol. The van der Waals surface area contributed by atoms with Crippen molar-refractivity contribution >= 4 is 21.5 Å². The number of nitrogens with zero attached hydrogens (tertiary/aromatic N) is 1. The van der Waals surface area contributed by atoms with Gasteiger partial charge in [0.05, 0.1) is 24.8 Å². The van der Waals surface area contributed by atoms with E-state index in [4.69, 9.17) is 9.47 Å². The van der Waals surface area contributed by atoms with Gasteiger partial charge in [0.1, 0.15) is 11.5 Å². The number of aryl methyl sites for hydroxylation is 1. The molecule has 7 heteroatoms. The Hall–Kier alpha value is -2.54. The van der Waals surface area contributed by atoms with Crippen LogP contribution in [0, 0.1) is 6.92 Å². The Morgan fingerprint density at radius 3 is 2.28 bits per heavy atom. The first-order valence-electron chi connectivity index (χ1n) is 7.77. The standard InChI is InChI=1S/C18H19NO5S/c1-12-10-13(23-2)5-7-18(12)25(21,22)19-9-8-17(20)15-11-14(24-3)4-6-16(15)19/h4-7,10-11H,8-9H2,1-3H3. The number of rotatable bonds is 4. The summed E-state index contributed by atoms with van der Waals surface area (Å²) in [5.74, 6) is 1.02. The van der Waals surface area contributed by atoms with E-state index in [1.165, 1.54) is 24.6 Å². The zero-order valence-corrected chi connectivity index (χ0v) is 15.1. The van der Waals surface area contributed by atoms with Crippen molar-refractivity contribution in [1.29, 1.82) is 0 Å². The van der Waals surface area contributed by atoms with Gasteiger partial charge < -0.3 is 9.47 Å². The number of anilines is 1. The van der Waals surface area contributed by atoms with E-state index in [0.717, 1.165) is 0 Å². The van der Waals surface area contributed by atoms with Gasteiger partial charge in [-0.15, -0.1) is 0 Å². The van der Waals surface area contributed by atoms with Gasteiger partial charge >= 0.3 is 0 Å². The number of sulfonamides is 1. The molecule has 0 bridgehead atoms. The van der Waals surface area contributed by atoms with Crippen LogP contribution in [0.3, 0.4) is 0 Å². The molecule has 0 saturated carbocycles. The molecule has 0 atom stereocenters. The van der Waals surface area contributed by atoms with Gasteiger partial charge in [0.2, 0.25) is 0 Å². The van der Waals surface area contributed by atoms with Crippen molar-refractivity contribution in [1.82, 2.24) is 0 Å². The number of hydrogen-bond acceptors (Lipinski definition) is 5. The van der Waals surface area contributed by atoms with Crippen LogP contribution in [0.5, 0.6) is 11.5 Å². The third kappa shape index (κ3) is 2.95. The van der Waals surface area contributed by atoms with Crippen LogP contribution in [-0.2, 0) is 10.0 Å². The Labute approximate surface area is 147 Å². The molecule has 3 rings (SSSR count). The summed E-state index contributed by atoms with van der Waals surface area (Å²) in [6.45, 7) is 1.84. The van der Waals surface area contributed by atoms with Crippen molar-refractivity contribution in [2.75, 3.05) is 25.1 Å². The van der Waals surface area contributed by atoms with E-state index in [1.807, 2.05) is 0 Å². The van der Waals surface area contributed by atoms with Crippen LogP contribution in [-0.4, -0.2) is 35.0 Å². The topological polar surface area (TPSA) is 72.9 Å². The second-order valence-corrected chi connectivity index (χ2v) is 7.60. The summed E-state index contributed by atoms with van der Waals surface area (Å²) >= 11 is 0. The van der Waals surface area contributed by atoms with E-state index in [1.54, 1.807) is 37.3 Å². The molecule has 0 aliphatic carbocycles. The average Bonchev–Trinajstić information content (AvgIpc) is 2.61. The lowest BCUT2D eigenvalue weighted by molar-refractivity contribution is 0.0981. The van der Waals surface area contributed by atoms with Crippen LogP contribution in [0.4, 0.5) is 5.69 Å². The molecule has 0 amide bonds. The third-order valence-electron chi connectivity index (χ3n) is 4.26. The molecule has 25 heavy (non-hydrogen) atoms. The molecule has 0 radical (unpaired) electrons. The molecular weight excluding hydrogens is 342 g/mol. The summed E-state index contributed by atoms with van der Waals surface area (Å²) in [5, 5.41) is 0. The number of carbonyl (C=O) groups is 1. The molecule has 1 heterocycles. The molecule has 132 valence electrons. The summed E-state index contributed by atoms with van der Waals surface area (Å²) in [6.07, 6.45) is 0.134. The lowest BCUT2D eigenvalue weighted by Crippen LogP contribution is -2.37. The maximum atomic E-state index is 13.2. The van der Waals surface area contributed by atoms with Crippen molar-refractivity contribution in [2.24, 2.45) is 0 Å². The van der Waals surface area contributed by atoms with Crippen LogP contribution >= 0.6 is 0 Å². The molecule has 1 aliphatic heterocycles. The van der Waals surface area contributed by atoms with E-state index in [9.17, 15) is 13.2 Å². The molecule has 0 N–H and O–H groups in total. The molecule has 0 spiro atoms. The fourth-order valence-electron chi connectivity index (χ4n) is 2.95. The van der Waals surface area contributed by atoms with E-state index in [-0.39, 0.29) is 23.6 Å². The summed E-state index contributed by atoms with van der Waals surface area (Å²) in [4.78, 5) is 12.4. The molecule has 0 saturated heterocycles. The summed E-state index contributed by atoms with van der Waals surface area (Å²) in [6, 6.07) is 9.67. The van der Waals surface area contributed by atoms with Gasteiger partial charge in [0, 0.05) is 18.5 Å². The minimum atomic E-state index is -3.79. The average molecular weight is 361 g/mol. The molecular formula is C18H19NO5S. The molecule has 2 aromatic rings. The molecule has 1 aliphatic rings. The van der Waals surface area contributed by atoms with Gasteiger partial charge in [-0.25, -0.2) is 8.42 Å². The largest absolute Gasteiger partial charge is 0.497 e. The highest BCUT2D eigenvalue weighted by molar-refractivity contribution is 7.92. The Morgan fingerprint density at radius 1 is 1.00 bits per heavy atom. The zero-order chi connectivity index (χ0) is 18.2. The van der Waals surface area contributed by atoms with Crippen LogP contribution in [0.2, 0.25) is 0 Å². The van der Waals surface area contributed by atoms with Gasteiger partial charge in [0.15, 0.2) is 5.78 Å². The fraction of sp³-hybridized carbons (Fsp3) is 0.278. The maximum absolute atomic E-state index is 13.2. The lowest BCUT2D eigenvalue weighted by atomic mass is 10.0. The SMILES string of the molecule is COc1ccc(S(=O)(=O)N2CCC(=O)c3cc(OC)ccc32)c(C)c1. The van der Waals surface area contributed by atoms with Gasteiger partial charge in [-0.3, -0.25) is 9.10 Å². The minimum absolute atomic E-state index is 0.0909. The minimum Gasteiger partial charge on any atom is -0.497 e. The third-order valence-corrected chi connectivity index (χ3v) is 6.24. The van der Waals surface area contributed by atoms with Gasteiger partial charge in [0.25, 0.3) is 10.0 Å². The highest BCUT2D eigenvalue weighted by Crippen LogP contribution is 2.35. The molecule has 6 nitrogen and oxygen atoms in total. The summed E-state index contributed by atoms with van der Waals surface area (Å²) in [5.41, 5.74) is 1.33.